The quantitative estimate of drug-likeness (QED) is 0.501. The molecule has 0 aliphatic carbocycles. The molecule has 0 saturated carbocycles. The van der Waals surface area contributed by atoms with Crippen molar-refractivity contribution in [1.29, 1.82) is 0 Å². The Labute approximate surface area is 152 Å². The largest absolute Gasteiger partial charge is 0.281 e. The maximum atomic E-state index is 12.5. The molecule has 2 nitrogen and oxygen atoms in total. The normalized spacial score (nSPS) is 19.5. The molecule has 2 heterocycles. The van der Waals surface area contributed by atoms with E-state index >= 15 is 0 Å². The smallest absolute Gasteiger partial charge is 0.225 e. The van der Waals surface area contributed by atoms with Gasteiger partial charge in [0.25, 0.3) is 0 Å². The lowest BCUT2D eigenvalue weighted by Crippen LogP contribution is -1.98. The highest BCUT2D eigenvalue weighted by atomic mass is 79.9. The molecule has 2 aromatic rings. The van der Waals surface area contributed by atoms with Crippen molar-refractivity contribution in [3.05, 3.63) is 56.5 Å². The maximum Gasteiger partial charge on any atom is 0.225 e. The third-order valence-electron chi connectivity index (χ3n) is 3.49. The molecule has 0 N–H and O–H groups in total. The highest BCUT2D eigenvalue weighted by Gasteiger charge is 2.36. The van der Waals surface area contributed by atoms with Crippen LogP contribution in [0.15, 0.2) is 55.1 Å². The summed E-state index contributed by atoms with van der Waals surface area (Å²) in [7, 11) is 0. The zero-order valence-electron chi connectivity index (χ0n) is 10.9. The number of benzene rings is 2. The van der Waals surface area contributed by atoms with E-state index in [0.717, 1.165) is 29.9 Å². The molecule has 0 bridgehead atoms. The number of carbonyl (C=O) groups is 2. The van der Waals surface area contributed by atoms with Gasteiger partial charge in [-0.2, -0.15) is 0 Å². The molecule has 0 fully saturated rings. The van der Waals surface area contributed by atoms with Crippen LogP contribution in [-0.4, -0.2) is 10.2 Å². The molecule has 0 amide bonds. The van der Waals surface area contributed by atoms with E-state index in [4.69, 9.17) is 0 Å². The third-order valence-corrected chi connectivity index (χ3v) is 6.37. The second-order valence-corrected chi connectivity index (χ2v) is 8.67. The van der Waals surface area contributed by atoms with Gasteiger partial charge in [-0.25, -0.2) is 0 Å². The molecule has 4 rings (SSSR count). The van der Waals surface area contributed by atoms with Gasteiger partial charge in [0.05, 0.1) is 0 Å². The van der Waals surface area contributed by atoms with Crippen LogP contribution in [0.3, 0.4) is 0 Å². The van der Waals surface area contributed by atoms with E-state index in [2.05, 4.69) is 31.9 Å². The summed E-state index contributed by atoms with van der Waals surface area (Å²) in [6, 6.07) is 11.4. The van der Waals surface area contributed by atoms with Gasteiger partial charge in [-0.05, 0) is 47.8 Å². The minimum Gasteiger partial charge on any atom is -0.281 e. The van der Waals surface area contributed by atoms with Crippen molar-refractivity contribution >= 4 is 76.8 Å². The van der Waals surface area contributed by atoms with Gasteiger partial charge in [0.15, 0.2) is 0 Å². The van der Waals surface area contributed by atoms with E-state index in [9.17, 15) is 9.59 Å². The maximum absolute atomic E-state index is 12.5. The zero-order chi connectivity index (χ0) is 15.4. The summed E-state index contributed by atoms with van der Waals surface area (Å²) in [5.41, 5.74) is 2.76. The summed E-state index contributed by atoms with van der Waals surface area (Å²) in [6.07, 6.45) is 0. The van der Waals surface area contributed by atoms with Crippen LogP contribution in [0.5, 0.6) is 0 Å². The monoisotopic (exact) mass is 452 g/mol. The van der Waals surface area contributed by atoms with Crippen molar-refractivity contribution in [1.82, 2.24) is 0 Å². The van der Waals surface area contributed by atoms with Crippen LogP contribution in [0.4, 0.5) is 0 Å². The number of carbonyl (C=O) groups excluding carboxylic acids is 2. The fraction of sp³-hybridized carbons (Fsp3) is 0. The van der Waals surface area contributed by atoms with Gasteiger partial charge in [-0.15, -0.1) is 0 Å². The average Bonchev–Trinajstić information content (AvgIpc) is 2.93. The molecule has 2 aromatic carbocycles. The Kier molecular flexibility index (Phi) is 3.60. The summed E-state index contributed by atoms with van der Waals surface area (Å²) < 4.78 is 1.85. The van der Waals surface area contributed by atoms with E-state index in [-0.39, 0.29) is 10.2 Å². The first-order chi connectivity index (χ1) is 10.5. The first kappa shape index (κ1) is 14.8. The highest BCUT2D eigenvalue weighted by molar-refractivity contribution is 9.10. The van der Waals surface area contributed by atoms with E-state index in [0.29, 0.717) is 11.1 Å². The third kappa shape index (κ3) is 2.24. The standard InChI is InChI=1S/C16H6Br2O2S2/c17-7-1-3-9-11(5-7)21-15(19)13(9)14-10-4-2-8(18)6-12(10)22-16(14)20/h1-6H. The van der Waals surface area contributed by atoms with Gasteiger partial charge in [-0.1, -0.05) is 44.0 Å². The number of rotatable bonds is 0. The van der Waals surface area contributed by atoms with Gasteiger partial charge in [0, 0.05) is 41.0 Å². The number of hydrogen-bond acceptors (Lipinski definition) is 4. The molecule has 2 aliphatic heterocycles. The number of halogens is 2. The molecular formula is C16H6Br2O2S2. The van der Waals surface area contributed by atoms with E-state index in [1.54, 1.807) is 0 Å². The Hall–Kier alpha value is -0.820. The molecule has 22 heavy (non-hydrogen) atoms. The number of thioether (sulfide) groups is 2. The van der Waals surface area contributed by atoms with Crippen LogP contribution in [0.25, 0.3) is 11.1 Å². The molecule has 0 unspecified atom stereocenters. The fourth-order valence-electron chi connectivity index (χ4n) is 2.57. The molecule has 0 aromatic heterocycles. The first-order valence-corrected chi connectivity index (χ1v) is 9.55. The van der Waals surface area contributed by atoms with Crippen molar-refractivity contribution in [2.75, 3.05) is 0 Å². The van der Waals surface area contributed by atoms with Crippen LogP contribution in [-0.2, 0) is 9.59 Å². The van der Waals surface area contributed by atoms with E-state index in [1.165, 1.54) is 23.5 Å². The van der Waals surface area contributed by atoms with Crippen molar-refractivity contribution < 1.29 is 9.59 Å². The van der Waals surface area contributed by atoms with Crippen LogP contribution in [0.2, 0.25) is 0 Å². The molecule has 0 atom stereocenters. The van der Waals surface area contributed by atoms with Crippen molar-refractivity contribution in [2.45, 2.75) is 9.79 Å². The van der Waals surface area contributed by atoms with Crippen molar-refractivity contribution in [3.63, 3.8) is 0 Å². The van der Waals surface area contributed by atoms with Gasteiger partial charge in [-0.3, -0.25) is 9.59 Å². The summed E-state index contributed by atoms with van der Waals surface area (Å²) in [6.45, 7) is 0. The SMILES string of the molecule is O=C1Sc2cc(Br)ccc2C1=C1C(=O)Sc2cc(Br)ccc21. The van der Waals surface area contributed by atoms with Crippen LogP contribution >= 0.6 is 55.4 Å². The van der Waals surface area contributed by atoms with Gasteiger partial charge >= 0.3 is 0 Å². The van der Waals surface area contributed by atoms with Crippen LogP contribution < -0.4 is 0 Å². The lowest BCUT2D eigenvalue weighted by Gasteiger charge is -2.04. The minimum absolute atomic E-state index is 0.0622. The van der Waals surface area contributed by atoms with Crippen LogP contribution in [0, 0.1) is 0 Å². The molecular weight excluding hydrogens is 448 g/mol. The Balaban J connectivity index is 2.00. The Morgan fingerprint density at radius 2 is 1.09 bits per heavy atom. The lowest BCUT2D eigenvalue weighted by molar-refractivity contribution is -0.107. The number of fused-ring (bicyclic) bond motifs is 2. The van der Waals surface area contributed by atoms with E-state index < -0.39 is 0 Å². The predicted molar refractivity (Wildman–Crippen MR) is 96.8 cm³/mol. The Bertz CT molecular complexity index is 830. The van der Waals surface area contributed by atoms with Crippen molar-refractivity contribution in [3.8, 4) is 0 Å². The van der Waals surface area contributed by atoms with Gasteiger partial charge in [0.2, 0.25) is 10.2 Å². The van der Waals surface area contributed by atoms with Crippen molar-refractivity contribution in [2.24, 2.45) is 0 Å². The average molecular weight is 454 g/mol. The summed E-state index contributed by atoms with van der Waals surface area (Å²) in [5, 5.41) is -0.124. The Morgan fingerprint density at radius 3 is 1.50 bits per heavy atom. The zero-order valence-corrected chi connectivity index (χ0v) is 15.7. The predicted octanol–water partition coefficient (Wildman–Crippen LogP) is 5.39. The highest BCUT2D eigenvalue weighted by Crippen LogP contribution is 2.50. The van der Waals surface area contributed by atoms with Crippen LogP contribution in [0.1, 0.15) is 11.1 Å². The summed E-state index contributed by atoms with van der Waals surface area (Å²) in [4.78, 5) is 26.7. The molecule has 0 radical (unpaired) electrons. The molecule has 2 aliphatic rings. The number of hydrogen-bond donors (Lipinski definition) is 0. The summed E-state index contributed by atoms with van der Waals surface area (Å²) in [5.74, 6) is 0. The molecule has 0 spiro atoms. The summed E-state index contributed by atoms with van der Waals surface area (Å²) >= 11 is 9.20. The molecule has 6 heteroatoms. The second-order valence-electron chi connectivity index (χ2n) is 4.81. The Morgan fingerprint density at radius 1 is 0.682 bits per heavy atom. The topological polar surface area (TPSA) is 34.1 Å². The second kappa shape index (κ2) is 5.37. The van der Waals surface area contributed by atoms with E-state index in [1.807, 2.05) is 36.4 Å². The lowest BCUT2D eigenvalue weighted by atomic mass is 9.96. The fourth-order valence-corrected chi connectivity index (χ4v) is 5.55. The molecule has 108 valence electrons. The molecule has 0 saturated heterocycles. The van der Waals surface area contributed by atoms with Gasteiger partial charge in [0.1, 0.15) is 0 Å². The minimum atomic E-state index is -0.0622. The first-order valence-electron chi connectivity index (χ1n) is 6.33. The van der Waals surface area contributed by atoms with Gasteiger partial charge < -0.3 is 0 Å².